The lowest BCUT2D eigenvalue weighted by Gasteiger charge is -1.97. The Kier molecular flexibility index (Phi) is 3.19. The standard InChI is InChI=1S/C8H11N3O2/c1-2-7(8(12)13)3-4-11-6-9-5-10-11/h3,5-6H,2,4H2,1H3,(H,12,13). The summed E-state index contributed by atoms with van der Waals surface area (Å²) < 4.78 is 1.57. The first-order valence-corrected chi connectivity index (χ1v) is 3.98. The average molecular weight is 181 g/mol. The van der Waals surface area contributed by atoms with E-state index in [1.807, 2.05) is 0 Å². The summed E-state index contributed by atoms with van der Waals surface area (Å²) in [7, 11) is 0. The van der Waals surface area contributed by atoms with Crippen LogP contribution in [0.1, 0.15) is 13.3 Å². The molecule has 70 valence electrons. The van der Waals surface area contributed by atoms with Gasteiger partial charge >= 0.3 is 5.97 Å². The molecule has 0 aliphatic heterocycles. The van der Waals surface area contributed by atoms with Crippen LogP contribution in [0.4, 0.5) is 0 Å². The third-order valence-electron chi connectivity index (χ3n) is 1.65. The number of carbonyl (C=O) groups is 1. The van der Waals surface area contributed by atoms with Crippen LogP contribution >= 0.6 is 0 Å². The number of aliphatic carboxylic acids is 1. The summed E-state index contributed by atoms with van der Waals surface area (Å²) in [6.07, 6.45) is 5.12. The van der Waals surface area contributed by atoms with Gasteiger partial charge in [-0.25, -0.2) is 14.5 Å². The lowest BCUT2D eigenvalue weighted by atomic mass is 10.2. The van der Waals surface area contributed by atoms with Crippen molar-refractivity contribution < 1.29 is 9.90 Å². The Hall–Kier alpha value is -1.65. The number of aromatic nitrogens is 3. The summed E-state index contributed by atoms with van der Waals surface area (Å²) in [5.41, 5.74) is 0.399. The summed E-state index contributed by atoms with van der Waals surface area (Å²) in [5, 5.41) is 12.5. The zero-order valence-electron chi connectivity index (χ0n) is 7.34. The predicted octanol–water partition coefficient (Wildman–Crippen LogP) is 0.699. The Labute approximate surface area is 75.7 Å². The predicted molar refractivity (Wildman–Crippen MR) is 46.0 cm³/mol. The molecule has 0 radical (unpaired) electrons. The number of hydrogen-bond acceptors (Lipinski definition) is 3. The van der Waals surface area contributed by atoms with E-state index in [4.69, 9.17) is 5.11 Å². The van der Waals surface area contributed by atoms with E-state index >= 15 is 0 Å². The van der Waals surface area contributed by atoms with E-state index in [0.29, 0.717) is 18.5 Å². The molecule has 0 unspecified atom stereocenters. The largest absolute Gasteiger partial charge is 0.478 e. The van der Waals surface area contributed by atoms with Crippen LogP contribution in [0.3, 0.4) is 0 Å². The number of nitrogens with zero attached hydrogens (tertiary/aromatic N) is 3. The van der Waals surface area contributed by atoms with Crippen LogP contribution in [-0.2, 0) is 11.3 Å². The van der Waals surface area contributed by atoms with Crippen LogP contribution in [0.15, 0.2) is 24.3 Å². The molecule has 0 saturated carbocycles. The maximum absolute atomic E-state index is 10.6. The molecule has 1 heterocycles. The normalized spacial score (nSPS) is 11.6. The molecule has 0 atom stereocenters. The fourth-order valence-electron chi connectivity index (χ4n) is 0.914. The SMILES string of the molecule is CCC(=CCn1cncn1)C(=O)O. The van der Waals surface area contributed by atoms with Crippen LogP contribution in [0, 0.1) is 0 Å². The minimum absolute atomic E-state index is 0.399. The van der Waals surface area contributed by atoms with E-state index in [1.54, 1.807) is 24.0 Å². The molecule has 0 amide bonds. The number of carboxylic acids is 1. The number of rotatable bonds is 4. The fraction of sp³-hybridized carbons (Fsp3) is 0.375. The van der Waals surface area contributed by atoms with E-state index in [2.05, 4.69) is 10.1 Å². The molecule has 0 bridgehead atoms. The van der Waals surface area contributed by atoms with Gasteiger partial charge in [0.1, 0.15) is 12.7 Å². The minimum Gasteiger partial charge on any atom is -0.478 e. The highest BCUT2D eigenvalue weighted by molar-refractivity contribution is 5.86. The highest BCUT2D eigenvalue weighted by atomic mass is 16.4. The van der Waals surface area contributed by atoms with Crippen molar-refractivity contribution in [2.24, 2.45) is 0 Å². The first-order chi connectivity index (χ1) is 6.24. The monoisotopic (exact) mass is 181 g/mol. The van der Waals surface area contributed by atoms with Gasteiger partial charge < -0.3 is 5.11 Å². The summed E-state index contributed by atoms with van der Waals surface area (Å²) in [6, 6.07) is 0. The average Bonchev–Trinajstić information content (AvgIpc) is 2.57. The van der Waals surface area contributed by atoms with Gasteiger partial charge in [-0.3, -0.25) is 0 Å². The minimum atomic E-state index is -0.873. The molecular formula is C8H11N3O2. The number of carboxylic acid groups (broad SMARTS) is 1. The lowest BCUT2D eigenvalue weighted by Crippen LogP contribution is -2.02. The lowest BCUT2D eigenvalue weighted by molar-refractivity contribution is -0.132. The van der Waals surface area contributed by atoms with Crippen molar-refractivity contribution in [1.82, 2.24) is 14.8 Å². The van der Waals surface area contributed by atoms with Crippen LogP contribution in [0.2, 0.25) is 0 Å². The molecule has 0 saturated heterocycles. The van der Waals surface area contributed by atoms with E-state index in [1.165, 1.54) is 6.33 Å². The van der Waals surface area contributed by atoms with Crippen LogP contribution in [0.5, 0.6) is 0 Å². The first-order valence-electron chi connectivity index (χ1n) is 3.98. The molecule has 0 fully saturated rings. The van der Waals surface area contributed by atoms with Gasteiger partial charge in [0.05, 0.1) is 6.54 Å². The molecule has 5 heteroatoms. The zero-order chi connectivity index (χ0) is 9.68. The molecule has 0 spiro atoms. The van der Waals surface area contributed by atoms with Gasteiger partial charge in [0, 0.05) is 5.57 Å². The third kappa shape index (κ3) is 2.70. The third-order valence-corrected chi connectivity index (χ3v) is 1.65. The molecule has 13 heavy (non-hydrogen) atoms. The van der Waals surface area contributed by atoms with E-state index in [-0.39, 0.29) is 0 Å². The summed E-state index contributed by atoms with van der Waals surface area (Å²) in [5.74, 6) is -0.873. The second-order valence-corrected chi connectivity index (χ2v) is 2.51. The molecule has 1 N–H and O–H groups in total. The first kappa shape index (κ1) is 9.44. The molecule has 0 aromatic carbocycles. The highest BCUT2D eigenvalue weighted by Crippen LogP contribution is 2.00. The fourth-order valence-corrected chi connectivity index (χ4v) is 0.914. The van der Waals surface area contributed by atoms with Gasteiger partial charge in [-0.1, -0.05) is 13.0 Å². The quantitative estimate of drug-likeness (QED) is 0.694. The van der Waals surface area contributed by atoms with Crippen molar-refractivity contribution >= 4 is 5.97 Å². The zero-order valence-corrected chi connectivity index (χ0v) is 7.34. The van der Waals surface area contributed by atoms with E-state index in [9.17, 15) is 4.79 Å². The van der Waals surface area contributed by atoms with Gasteiger partial charge in [-0.2, -0.15) is 5.10 Å². The van der Waals surface area contributed by atoms with Gasteiger partial charge in [-0.05, 0) is 6.42 Å². The maximum atomic E-state index is 10.6. The van der Waals surface area contributed by atoms with Crippen LogP contribution in [0.25, 0.3) is 0 Å². The molecule has 0 aliphatic carbocycles. The number of hydrogen-bond donors (Lipinski definition) is 1. The second kappa shape index (κ2) is 4.39. The molecule has 5 nitrogen and oxygen atoms in total. The highest BCUT2D eigenvalue weighted by Gasteiger charge is 2.02. The van der Waals surface area contributed by atoms with Gasteiger partial charge in [0.15, 0.2) is 0 Å². The maximum Gasteiger partial charge on any atom is 0.331 e. The Morgan fingerprint density at radius 1 is 1.69 bits per heavy atom. The Bertz CT molecular complexity index is 303. The van der Waals surface area contributed by atoms with Crippen molar-refractivity contribution in [3.8, 4) is 0 Å². The van der Waals surface area contributed by atoms with Crippen molar-refractivity contribution in [1.29, 1.82) is 0 Å². The van der Waals surface area contributed by atoms with E-state index in [0.717, 1.165) is 0 Å². The van der Waals surface area contributed by atoms with Crippen LogP contribution < -0.4 is 0 Å². The second-order valence-electron chi connectivity index (χ2n) is 2.51. The van der Waals surface area contributed by atoms with Gasteiger partial charge in [0.2, 0.25) is 0 Å². The van der Waals surface area contributed by atoms with E-state index < -0.39 is 5.97 Å². The van der Waals surface area contributed by atoms with Crippen molar-refractivity contribution in [3.63, 3.8) is 0 Å². The molecular weight excluding hydrogens is 170 g/mol. The number of allylic oxidation sites excluding steroid dienone is 1. The summed E-state index contributed by atoms with van der Waals surface area (Å²) in [4.78, 5) is 14.3. The van der Waals surface area contributed by atoms with Crippen molar-refractivity contribution in [3.05, 3.63) is 24.3 Å². The Morgan fingerprint density at radius 3 is 2.92 bits per heavy atom. The van der Waals surface area contributed by atoms with Crippen molar-refractivity contribution in [2.45, 2.75) is 19.9 Å². The summed E-state index contributed by atoms with van der Waals surface area (Å²) in [6.45, 7) is 2.26. The summed E-state index contributed by atoms with van der Waals surface area (Å²) >= 11 is 0. The molecule has 1 rings (SSSR count). The van der Waals surface area contributed by atoms with Crippen LogP contribution in [-0.4, -0.2) is 25.8 Å². The Balaban J connectivity index is 2.60. The Morgan fingerprint density at radius 2 is 2.46 bits per heavy atom. The van der Waals surface area contributed by atoms with Gasteiger partial charge in [-0.15, -0.1) is 0 Å². The molecule has 1 aromatic heterocycles. The molecule has 0 aliphatic rings. The van der Waals surface area contributed by atoms with Gasteiger partial charge in [0.25, 0.3) is 0 Å². The topological polar surface area (TPSA) is 68.0 Å². The molecule has 1 aromatic rings. The van der Waals surface area contributed by atoms with Crippen molar-refractivity contribution in [2.75, 3.05) is 0 Å². The smallest absolute Gasteiger partial charge is 0.331 e.